The van der Waals surface area contributed by atoms with Gasteiger partial charge in [-0.1, -0.05) is 34.1 Å². The van der Waals surface area contributed by atoms with Gasteiger partial charge in [0, 0.05) is 30.5 Å². The SMILES string of the molecule is CC1CN(CCC(=O)C=Cc2ccc(Br)cc2)CC(C)O1. The van der Waals surface area contributed by atoms with E-state index in [9.17, 15) is 4.79 Å². The molecule has 0 amide bonds. The molecule has 0 bridgehead atoms. The number of hydrogen-bond donors (Lipinski definition) is 0. The number of ether oxygens (including phenoxy) is 1. The lowest BCUT2D eigenvalue weighted by atomic mass is 10.1. The maximum atomic E-state index is 11.9. The highest BCUT2D eigenvalue weighted by molar-refractivity contribution is 9.10. The zero-order valence-electron chi connectivity index (χ0n) is 12.6. The van der Waals surface area contributed by atoms with Gasteiger partial charge in [0.25, 0.3) is 0 Å². The molecule has 0 radical (unpaired) electrons. The number of carbonyl (C=O) groups is 1. The molecule has 1 heterocycles. The Hall–Kier alpha value is -0.970. The van der Waals surface area contributed by atoms with Crippen molar-refractivity contribution in [2.24, 2.45) is 0 Å². The van der Waals surface area contributed by atoms with Gasteiger partial charge in [-0.05, 0) is 37.6 Å². The van der Waals surface area contributed by atoms with Crippen molar-refractivity contribution >= 4 is 27.8 Å². The van der Waals surface area contributed by atoms with Gasteiger partial charge < -0.3 is 4.74 Å². The monoisotopic (exact) mass is 351 g/mol. The maximum Gasteiger partial charge on any atom is 0.156 e. The zero-order valence-corrected chi connectivity index (χ0v) is 14.2. The molecular formula is C17H22BrNO2. The average Bonchev–Trinajstić information content (AvgIpc) is 2.43. The first-order valence-electron chi connectivity index (χ1n) is 7.37. The lowest BCUT2D eigenvalue weighted by molar-refractivity contribution is -0.116. The first-order chi connectivity index (χ1) is 10.0. The minimum absolute atomic E-state index is 0.171. The topological polar surface area (TPSA) is 29.5 Å². The fourth-order valence-electron chi connectivity index (χ4n) is 2.58. The number of ketones is 1. The Morgan fingerprint density at radius 3 is 2.52 bits per heavy atom. The van der Waals surface area contributed by atoms with E-state index in [-0.39, 0.29) is 18.0 Å². The van der Waals surface area contributed by atoms with Gasteiger partial charge in [0.1, 0.15) is 0 Å². The molecule has 0 aliphatic carbocycles. The molecule has 1 aromatic carbocycles. The number of rotatable bonds is 5. The third kappa shape index (κ3) is 5.73. The van der Waals surface area contributed by atoms with E-state index in [2.05, 4.69) is 34.7 Å². The molecular weight excluding hydrogens is 330 g/mol. The molecule has 1 aliphatic heterocycles. The number of morpholine rings is 1. The Morgan fingerprint density at radius 2 is 1.90 bits per heavy atom. The molecule has 114 valence electrons. The van der Waals surface area contributed by atoms with Gasteiger partial charge in [-0.15, -0.1) is 0 Å². The van der Waals surface area contributed by atoms with E-state index in [0.29, 0.717) is 6.42 Å². The van der Waals surface area contributed by atoms with Crippen molar-refractivity contribution in [3.63, 3.8) is 0 Å². The van der Waals surface area contributed by atoms with Crippen molar-refractivity contribution in [2.45, 2.75) is 32.5 Å². The molecule has 3 nitrogen and oxygen atoms in total. The van der Waals surface area contributed by atoms with Crippen LogP contribution >= 0.6 is 15.9 Å². The molecule has 2 rings (SSSR count). The molecule has 1 saturated heterocycles. The van der Waals surface area contributed by atoms with E-state index < -0.39 is 0 Å². The minimum atomic E-state index is 0.171. The standard InChI is InChI=1S/C17H22BrNO2/c1-13-11-19(12-14(2)21-13)10-9-17(20)8-5-15-3-6-16(18)7-4-15/h3-8,13-14H,9-12H2,1-2H3. The van der Waals surface area contributed by atoms with Gasteiger partial charge in [0.15, 0.2) is 5.78 Å². The predicted molar refractivity (Wildman–Crippen MR) is 89.2 cm³/mol. The normalized spacial score (nSPS) is 23.6. The summed E-state index contributed by atoms with van der Waals surface area (Å²) in [5.41, 5.74) is 1.04. The van der Waals surface area contributed by atoms with Gasteiger partial charge in [0.05, 0.1) is 12.2 Å². The van der Waals surface area contributed by atoms with Crippen LogP contribution in [0.25, 0.3) is 6.08 Å². The summed E-state index contributed by atoms with van der Waals surface area (Å²) in [6, 6.07) is 7.92. The molecule has 2 atom stereocenters. The van der Waals surface area contributed by atoms with Crippen molar-refractivity contribution in [1.29, 1.82) is 0 Å². The van der Waals surface area contributed by atoms with Gasteiger partial charge >= 0.3 is 0 Å². The predicted octanol–water partition coefficient (Wildman–Crippen LogP) is 3.53. The van der Waals surface area contributed by atoms with Crippen LogP contribution in [0, 0.1) is 0 Å². The van der Waals surface area contributed by atoms with E-state index in [0.717, 1.165) is 29.7 Å². The molecule has 0 N–H and O–H groups in total. The van der Waals surface area contributed by atoms with E-state index in [1.54, 1.807) is 6.08 Å². The van der Waals surface area contributed by atoms with Crippen molar-refractivity contribution in [1.82, 2.24) is 4.90 Å². The first kappa shape index (κ1) is 16.4. The smallest absolute Gasteiger partial charge is 0.156 e. The van der Waals surface area contributed by atoms with Gasteiger partial charge in [0.2, 0.25) is 0 Å². The van der Waals surface area contributed by atoms with Gasteiger partial charge in [-0.2, -0.15) is 0 Å². The lowest BCUT2D eigenvalue weighted by Gasteiger charge is -2.35. The molecule has 21 heavy (non-hydrogen) atoms. The Morgan fingerprint density at radius 1 is 1.29 bits per heavy atom. The van der Waals surface area contributed by atoms with Crippen molar-refractivity contribution in [3.05, 3.63) is 40.4 Å². The van der Waals surface area contributed by atoms with Crippen LogP contribution in [0.2, 0.25) is 0 Å². The summed E-state index contributed by atoms with van der Waals surface area (Å²) in [5, 5.41) is 0. The molecule has 1 aromatic rings. The lowest BCUT2D eigenvalue weighted by Crippen LogP contribution is -2.45. The van der Waals surface area contributed by atoms with Gasteiger partial charge in [-0.3, -0.25) is 9.69 Å². The number of allylic oxidation sites excluding steroid dienone is 1. The zero-order chi connectivity index (χ0) is 15.2. The summed E-state index contributed by atoms with van der Waals surface area (Å²) in [6.07, 6.45) is 4.62. The highest BCUT2D eigenvalue weighted by Crippen LogP contribution is 2.13. The number of benzene rings is 1. The van der Waals surface area contributed by atoms with Crippen molar-refractivity contribution in [3.8, 4) is 0 Å². The quantitative estimate of drug-likeness (QED) is 0.760. The molecule has 0 spiro atoms. The number of nitrogens with zero attached hydrogens (tertiary/aromatic N) is 1. The minimum Gasteiger partial charge on any atom is -0.373 e. The fourth-order valence-corrected chi connectivity index (χ4v) is 2.85. The Bertz CT molecular complexity index is 488. The van der Waals surface area contributed by atoms with Crippen LogP contribution in [0.4, 0.5) is 0 Å². The molecule has 2 unspecified atom stereocenters. The van der Waals surface area contributed by atoms with Crippen molar-refractivity contribution in [2.75, 3.05) is 19.6 Å². The third-order valence-corrected chi connectivity index (χ3v) is 4.03. The van der Waals surface area contributed by atoms with Crippen LogP contribution in [0.3, 0.4) is 0 Å². The van der Waals surface area contributed by atoms with Crippen LogP contribution in [0.5, 0.6) is 0 Å². The largest absolute Gasteiger partial charge is 0.373 e. The second kappa shape index (κ2) is 7.87. The van der Waals surface area contributed by atoms with Crippen molar-refractivity contribution < 1.29 is 9.53 Å². The second-order valence-corrected chi connectivity index (χ2v) is 6.53. The van der Waals surface area contributed by atoms with Crippen LogP contribution in [0.1, 0.15) is 25.8 Å². The van der Waals surface area contributed by atoms with E-state index in [1.165, 1.54) is 0 Å². The van der Waals surface area contributed by atoms with E-state index >= 15 is 0 Å². The van der Waals surface area contributed by atoms with Crippen LogP contribution in [-0.4, -0.2) is 42.5 Å². The Balaban J connectivity index is 1.78. The van der Waals surface area contributed by atoms with Crippen LogP contribution in [-0.2, 0) is 9.53 Å². The van der Waals surface area contributed by atoms with E-state index in [4.69, 9.17) is 4.74 Å². The maximum absolute atomic E-state index is 11.9. The summed E-state index contributed by atoms with van der Waals surface area (Å²) in [6.45, 7) is 6.79. The summed E-state index contributed by atoms with van der Waals surface area (Å²) in [4.78, 5) is 14.2. The molecule has 4 heteroatoms. The molecule has 0 aromatic heterocycles. The van der Waals surface area contributed by atoms with E-state index in [1.807, 2.05) is 30.3 Å². The summed E-state index contributed by atoms with van der Waals surface area (Å²) in [7, 11) is 0. The molecule has 0 saturated carbocycles. The number of hydrogen-bond acceptors (Lipinski definition) is 3. The number of halogens is 1. The Labute approximate surface area is 135 Å². The van der Waals surface area contributed by atoms with Crippen LogP contribution < -0.4 is 0 Å². The second-order valence-electron chi connectivity index (χ2n) is 5.62. The highest BCUT2D eigenvalue weighted by Gasteiger charge is 2.21. The summed E-state index contributed by atoms with van der Waals surface area (Å²) >= 11 is 3.40. The summed E-state index contributed by atoms with van der Waals surface area (Å²) in [5.74, 6) is 0.171. The van der Waals surface area contributed by atoms with Gasteiger partial charge in [-0.25, -0.2) is 0 Å². The Kier molecular flexibility index (Phi) is 6.15. The third-order valence-electron chi connectivity index (χ3n) is 3.50. The number of carbonyl (C=O) groups excluding carboxylic acids is 1. The average molecular weight is 352 g/mol. The highest BCUT2D eigenvalue weighted by atomic mass is 79.9. The van der Waals surface area contributed by atoms with Crippen LogP contribution in [0.15, 0.2) is 34.8 Å². The first-order valence-corrected chi connectivity index (χ1v) is 8.16. The summed E-state index contributed by atoms with van der Waals surface area (Å²) < 4.78 is 6.74. The fraction of sp³-hybridized carbons (Fsp3) is 0.471. The molecule has 1 aliphatic rings. The molecule has 1 fully saturated rings.